The molecule has 0 unspecified atom stereocenters. The number of fused-ring (bicyclic) bond motifs is 1. The first-order chi connectivity index (χ1) is 9.87. The van der Waals surface area contributed by atoms with Crippen molar-refractivity contribution in [1.29, 1.82) is 0 Å². The van der Waals surface area contributed by atoms with Crippen LogP contribution >= 0.6 is 0 Å². The Morgan fingerprint density at radius 3 is 2.48 bits per heavy atom. The van der Waals surface area contributed by atoms with Gasteiger partial charge in [0.1, 0.15) is 23.0 Å². The van der Waals surface area contributed by atoms with Crippen molar-refractivity contribution in [3.8, 4) is 5.75 Å². The lowest BCUT2D eigenvalue weighted by atomic mass is 9.96. The zero-order valence-electron chi connectivity index (χ0n) is 11.7. The fourth-order valence-electron chi connectivity index (χ4n) is 2.61. The molecule has 0 saturated carbocycles. The van der Waals surface area contributed by atoms with Gasteiger partial charge in [-0.2, -0.15) is 0 Å². The molecule has 0 saturated heterocycles. The molecule has 0 atom stereocenters. The number of ether oxygens (including phenoxy) is 1. The highest BCUT2D eigenvalue weighted by molar-refractivity contribution is 6.09. The van der Waals surface area contributed by atoms with E-state index in [0.29, 0.717) is 12.2 Å². The zero-order chi connectivity index (χ0) is 15.2. The molecular formula is C17H14F2O2. The van der Waals surface area contributed by atoms with Crippen LogP contribution in [0.3, 0.4) is 0 Å². The Kier molecular flexibility index (Phi) is 3.04. The molecule has 1 heterocycles. The van der Waals surface area contributed by atoms with Gasteiger partial charge in [-0.25, -0.2) is 8.78 Å². The Morgan fingerprint density at radius 1 is 1.14 bits per heavy atom. The molecule has 0 radical (unpaired) electrons. The van der Waals surface area contributed by atoms with E-state index in [1.165, 1.54) is 12.1 Å². The monoisotopic (exact) mass is 288 g/mol. The fraction of sp³-hybridized carbons (Fsp3) is 0.235. The van der Waals surface area contributed by atoms with Gasteiger partial charge in [-0.05, 0) is 49.7 Å². The number of benzene rings is 2. The molecule has 2 aromatic rings. The molecule has 21 heavy (non-hydrogen) atoms. The highest BCUT2D eigenvalue weighted by atomic mass is 19.1. The lowest BCUT2D eigenvalue weighted by Gasteiger charge is -2.16. The van der Waals surface area contributed by atoms with Gasteiger partial charge >= 0.3 is 0 Å². The molecule has 0 spiro atoms. The summed E-state index contributed by atoms with van der Waals surface area (Å²) in [5, 5.41) is 0. The minimum atomic E-state index is -0.850. The van der Waals surface area contributed by atoms with Crippen LogP contribution in [-0.4, -0.2) is 11.4 Å². The van der Waals surface area contributed by atoms with Crippen LogP contribution in [0, 0.1) is 11.6 Å². The van der Waals surface area contributed by atoms with Gasteiger partial charge in [0.15, 0.2) is 5.78 Å². The molecule has 1 aliphatic heterocycles. The lowest BCUT2D eigenvalue weighted by Crippen LogP contribution is -2.24. The molecule has 3 rings (SSSR count). The maximum atomic E-state index is 13.7. The summed E-state index contributed by atoms with van der Waals surface area (Å²) in [6, 6.07) is 8.26. The van der Waals surface area contributed by atoms with Gasteiger partial charge in [-0.1, -0.05) is 6.07 Å². The summed E-state index contributed by atoms with van der Waals surface area (Å²) >= 11 is 0. The third-order valence-electron chi connectivity index (χ3n) is 3.51. The van der Waals surface area contributed by atoms with Crippen LogP contribution in [0.5, 0.6) is 5.75 Å². The summed E-state index contributed by atoms with van der Waals surface area (Å²) in [5.74, 6) is -1.64. The van der Waals surface area contributed by atoms with E-state index in [2.05, 4.69) is 0 Å². The summed E-state index contributed by atoms with van der Waals surface area (Å²) in [6.07, 6.45) is 0.656. The molecule has 0 fully saturated rings. The molecule has 0 aliphatic carbocycles. The molecule has 0 N–H and O–H groups in total. The minimum absolute atomic E-state index is 0.263. The lowest BCUT2D eigenvalue weighted by molar-refractivity contribution is 0.103. The highest BCUT2D eigenvalue weighted by Crippen LogP contribution is 2.35. The number of carbonyl (C=O) groups is 1. The Balaban J connectivity index is 2.01. The largest absolute Gasteiger partial charge is 0.487 e. The molecule has 4 heteroatoms. The minimum Gasteiger partial charge on any atom is -0.487 e. The summed E-state index contributed by atoms with van der Waals surface area (Å²) in [4.78, 5) is 12.3. The molecule has 0 aromatic heterocycles. The quantitative estimate of drug-likeness (QED) is 0.783. The zero-order valence-corrected chi connectivity index (χ0v) is 11.7. The predicted octanol–water partition coefficient (Wildman–Crippen LogP) is 3.91. The average molecular weight is 288 g/mol. The smallest absolute Gasteiger partial charge is 0.198 e. The van der Waals surface area contributed by atoms with Gasteiger partial charge in [-0.15, -0.1) is 0 Å². The third kappa shape index (κ3) is 2.42. The van der Waals surface area contributed by atoms with Crippen LogP contribution in [-0.2, 0) is 6.42 Å². The van der Waals surface area contributed by atoms with Crippen molar-refractivity contribution in [2.75, 3.05) is 0 Å². The van der Waals surface area contributed by atoms with Crippen LogP contribution in [0.25, 0.3) is 0 Å². The second kappa shape index (κ2) is 4.65. The van der Waals surface area contributed by atoms with Crippen molar-refractivity contribution < 1.29 is 18.3 Å². The van der Waals surface area contributed by atoms with Gasteiger partial charge < -0.3 is 4.74 Å². The Morgan fingerprint density at radius 2 is 1.81 bits per heavy atom. The molecule has 2 aromatic carbocycles. The topological polar surface area (TPSA) is 26.3 Å². The predicted molar refractivity (Wildman–Crippen MR) is 74.6 cm³/mol. The van der Waals surface area contributed by atoms with E-state index in [1.807, 2.05) is 13.8 Å². The van der Waals surface area contributed by atoms with Crippen molar-refractivity contribution in [3.05, 3.63) is 64.7 Å². The second-order valence-corrected chi connectivity index (χ2v) is 5.79. The number of carbonyl (C=O) groups excluding carboxylic acids is 1. The maximum absolute atomic E-state index is 13.7. The van der Waals surface area contributed by atoms with Crippen LogP contribution in [0.1, 0.15) is 35.3 Å². The van der Waals surface area contributed by atoms with E-state index in [1.54, 1.807) is 12.1 Å². The first-order valence-corrected chi connectivity index (χ1v) is 6.68. The maximum Gasteiger partial charge on any atom is 0.198 e. The number of halogens is 2. The molecular weight excluding hydrogens is 274 g/mol. The standard InChI is InChI=1S/C17H14F2O2/c1-17(2)9-11-8-10(6-7-14(11)21-17)16(20)15-12(18)4-3-5-13(15)19/h3-8H,9H2,1-2H3. The van der Waals surface area contributed by atoms with Crippen LogP contribution in [0.15, 0.2) is 36.4 Å². The van der Waals surface area contributed by atoms with E-state index in [-0.39, 0.29) is 11.2 Å². The molecule has 0 bridgehead atoms. The summed E-state index contributed by atoms with van der Waals surface area (Å²) in [6.45, 7) is 3.90. The van der Waals surface area contributed by atoms with Crippen LogP contribution < -0.4 is 4.74 Å². The van der Waals surface area contributed by atoms with Crippen molar-refractivity contribution in [3.63, 3.8) is 0 Å². The molecule has 2 nitrogen and oxygen atoms in total. The normalized spacial score (nSPS) is 15.4. The van der Waals surface area contributed by atoms with Crippen molar-refractivity contribution >= 4 is 5.78 Å². The van der Waals surface area contributed by atoms with Gasteiger partial charge in [-0.3, -0.25) is 4.79 Å². The third-order valence-corrected chi connectivity index (χ3v) is 3.51. The van der Waals surface area contributed by atoms with Crippen LogP contribution in [0.4, 0.5) is 8.78 Å². The Hall–Kier alpha value is -2.23. The SMILES string of the molecule is CC1(C)Cc2cc(C(=O)c3c(F)cccc3F)ccc2O1. The van der Waals surface area contributed by atoms with E-state index < -0.39 is 23.0 Å². The van der Waals surface area contributed by atoms with Crippen LogP contribution in [0.2, 0.25) is 0 Å². The molecule has 0 amide bonds. The van der Waals surface area contributed by atoms with Gasteiger partial charge in [0.25, 0.3) is 0 Å². The number of rotatable bonds is 2. The van der Waals surface area contributed by atoms with Gasteiger partial charge in [0, 0.05) is 12.0 Å². The van der Waals surface area contributed by atoms with Crippen molar-refractivity contribution in [2.24, 2.45) is 0 Å². The first-order valence-electron chi connectivity index (χ1n) is 6.68. The van der Waals surface area contributed by atoms with Crippen molar-refractivity contribution in [1.82, 2.24) is 0 Å². The number of hydrogen-bond donors (Lipinski definition) is 0. The van der Waals surface area contributed by atoms with E-state index in [4.69, 9.17) is 4.74 Å². The summed E-state index contributed by atoms with van der Waals surface area (Å²) in [7, 11) is 0. The van der Waals surface area contributed by atoms with E-state index in [0.717, 1.165) is 17.7 Å². The number of hydrogen-bond acceptors (Lipinski definition) is 2. The first kappa shape index (κ1) is 13.7. The molecule has 108 valence electrons. The second-order valence-electron chi connectivity index (χ2n) is 5.79. The molecule has 1 aliphatic rings. The highest BCUT2D eigenvalue weighted by Gasteiger charge is 2.31. The summed E-state index contributed by atoms with van der Waals surface area (Å²) in [5.41, 5.74) is 0.296. The van der Waals surface area contributed by atoms with Gasteiger partial charge in [0.05, 0.1) is 5.56 Å². The van der Waals surface area contributed by atoms with Crippen molar-refractivity contribution in [2.45, 2.75) is 25.9 Å². The number of ketones is 1. The van der Waals surface area contributed by atoms with Gasteiger partial charge in [0.2, 0.25) is 0 Å². The Labute approximate surface area is 121 Å². The van der Waals surface area contributed by atoms with E-state index in [9.17, 15) is 13.6 Å². The Bertz CT molecular complexity index is 715. The fourth-order valence-corrected chi connectivity index (χ4v) is 2.61. The average Bonchev–Trinajstić information content (AvgIpc) is 2.70. The van der Waals surface area contributed by atoms with E-state index >= 15 is 0 Å². The summed E-state index contributed by atoms with van der Waals surface area (Å²) < 4.78 is 33.1.